The fraction of sp³-hybridized carbons (Fsp3) is 0.353. The molecule has 2 N–H and O–H groups in total. The zero-order valence-electron chi connectivity index (χ0n) is 13.3. The topological polar surface area (TPSA) is 88.0 Å². The number of aliphatic carboxylic acids is 1. The van der Waals surface area contributed by atoms with Gasteiger partial charge in [-0.05, 0) is 25.5 Å². The van der Waals surface area contributed by atoms with Crippen molar-refractivity contribution in [3.8, 4) is 0 Å². The van der Waals surface area contributed by atoms with Gasteiger partial charge in [0.15, 0.2) is 0 Å². The molecule has 0 radical (unpaired) electrons. The van der Waals surface area contributed by atoms with E-state index in [1.54, 1.807) is 6.08 Å². The number of amides is 1. The highest BCUT2D eigenvalue weighted by molar-refractivity contribution is 6.05. The maximum atomic E-state index is 13.3. The number of carbonyl (C=O) groups excluding carboxylic acids is 1. The Morgan fingerprint density at radius 3 is 2.56 bits per heavy atom. The average molecular weight is 350 g/mol. The molecule has 0 spiro atoms. The highest BCUT2D eigenvalue weighted by Gasteiger charge is 2.43. The maximum Gasteiger partial charge on any atom is 0.310 e. The van der Waals surface area contributed by atoms with E-state index in [9.17, 15) is 18.4 Å². The molecule has 0 aromatic heterocycles. The third-order valence-electron chi connectivity index (χ3n) is 4.26. The molecule has 1 amide bonds. The van der Waals surface area contributed by atoms with E-state index in [1.807, 2.05) is 0 Å². The maximum absolute atomic E-state index is 13.3. The van der Waals surface area contributed by atoms with Crippen molar-refractivity contribution >= 4 is 17.6 Å². The number of hydrogen-bond donors (Lipinski definition) is 2. The van der Waals surface area contributed by atoms with E-state index in [-0.39, 0.29) is 24.1 Å². The predicted molar refractivity (Wildman–Crippen MR) is 83.8 cm³/mol. The van der Waals surface area contributed by atoms with Crippen molar-refractivity contribution in [1.29, 1.82) is 0 Å². The van der Waals surface area contributed by atoms with Crippen LogP contribution in [-0.2, 0) is 14.4 Å². The van der Waals surface area contributed by atoms with Crippen LogP contribution in [0.5, 0.6) is 0 Å². The van der Waals surface area contributed by atoms with Gasteiger partial charge in [-0.3, -0.25) is 9.59 Å². The molecule has 6 nitrogen and oxygen atoms in total. The summed E-state index contributed by atoms with van der Waals surface area (Å²) in [7, 11) is 0. The molecule has 0 saturated carbocycles. The van der Waals surface area contributed by atoms with Gasteiger partial charge in [0.2, 0.25) is 5.60 Å². The third-order valence-corrected chi connectivity index (χ3v) is 4.26. The molecule has 0 bridgehead atoms. The van der Waals surface area contributed by atoms with Crippen molar-refractivity contribution in [3.05, 3.63) is 47.5 Å². The molecule has 1 aliphatic heterocycles. The Bertz CT molecular complexity index is 773. The largest absolute Gasteiger partial charge is 0.481 e. The number of halogens is 2. The molecule has 132 valence electrons. The highest BCUT2D eigenvalue weighted by Crippen LogP contribution is 2.28. The number of rotatable bonds is 4. The lowest BCUT2D eigenvalue weighted by molar-refractivity contribution is -0.143. The Morgan fingerprint density at radius 1 is 1.28 bits per heavy atom. The number of carboxylic acids is 1. The van der Waals surface area contributed by atoms with Crippen molar-refractivity contribution in [2.75, 3.05) is 0 Å². The van der Waals surface area contributed by atoms with Crippen LogP contribution in [0, 0.1) is 17.6 Å². The predicted octanol–water partition coefficient (Wildman–Crippen LogP) is 1.99. The van der Waals surface area contributed by atoms with Gasteiger partial charge in [-0.25, -0.2) is 8.78 Å². The first-order valence-electron chi connectivity index (χ1n) is 7.70. The van der Waals surface area contributed by atoms with Gasteiger partial charge < -0.3 is 15.3 Å². The number of carbonyl (C=O) groups is 2. The molecule has 1 aromatic rings. The fourth-order valence-corrected chi connectivity index (χ4v) is 2.85. The molecular weight excluding hydrogens is 334 g/mol. The van der Waals surface area contributed by atoms with Crippen LogP contribution < -0.4 is 5.32 Å². The van der Waals surface area contributed by atoms with Gasteiger partial charge in [-0.2, -0.15) is 0 Å². The summed E-state index contributed by atoms with van der Waals surface area (Å²) in [6.07, 6.45) is 3.46. The number of carboxylic acid groups (broad SMARTS) is 1. The zero-order valence-corrected chi connectivity index (χ0v) is 13.3. The van der Waals surface area contributed by atoms with Crippen LogP contribution in [0.1, 0.15) is 25.3 Å². The van der Waals surface area contributed by atoms with Crippen molar-refractivity contribution in [2.24, 2.45) is 11.1 Å². The summed E-state index contributed by atoms with van der Waals surface area (Å²) in [4.78, 5) is 28.6. The smallest absolute Gasteiger partial charge is 0.310 e. The Kier molecular flexibility index (Phi) is 4.28. The first kappa shape index (κ1) is 17.1. The first-order valence-corrected chi connectivity index (χ1v) is 7.70. The van der Waals surface area contributed by atoms with Crippen molar-refractivity contribution < 1.29 is 28.3 Å². The molecule has 1 heterocycles. The number of nitrogens with one attached hydrogen (secondary N) is 1. The van der Waals surface area contributed by atoms with Gasteiger partial charge in [0.1, 0.15) is 11.6 Å². The lowest BCUT2D eigenvalue weighted by Crippen LogP contribution is -2.48. The van der Waals surface area contributed by atoms with Gasteiger partial charge in [-0.15, -0.1) is 0 Å². The summed E-state index contributed by atoms with van der Waals surface area (Å²) in [5, 5.41) is 15.5. The molecule has 0 saturated heterocycles. The molecule has 25 heavy (non-hydrogen) atoms. The highest BCUT2D eigenvalue weighted by atomic mass is 19.1. The quantitative estimate of drug-likeness (QED) is 0.813. The Labute approximate surface area is 142 Å². The van der Waals surface area contributed by atoms with Crippen LogP contribution in [0.3, 0.4) is 0 Å². The van der Waals surface area contributed by atoms with Crippen LogP contribution in [0.2, 0.25) is 0 Å². The summed E-state index contributed by atoms with van der Waals surface area (Å²) >= 11 is 0. The van der Waals surface area contributed by atoms with Crippen LogP contribution in [0.4, 0.5) is 8.78 Å². The van der Waals surface area contributed by atoms with Gasteiger partial charge in [0.25, 0.3) is 5.91 Å². The number of oxime groups is 1. The minimum Gasteiger partial charge on any atom is -0.481 e. The monoisotopic (exact) mass is 350 g/mol. The van der Waals surface area contributed by atoms with E-state index in [0.29, 0.717) is 0 Å². The average Bonchev–Trinajstić information content (AvgIpc) is 3.14. The summed E-state index contributed by atoms with van der Waals surface area (Å²) in [6.45, 7) is 1.52. The van der Waals surface area contributed by atoms with Crippen molar-refractivity contribution in [3.63, 3.8) is 0 Å². The van der Waals surface area contributed by atoms with Crippen LogP contribution >= 0.6 is 0 Å². The normalized spacial score (nSPS) is 27.7. The molecule has 8 heteroatoms. The second-order valence-corrected chi connectivity index (χ2v) is 6.34. The second kappa shape index (κ2) is 6.27. The summed E-state index contributed by atoms with van der Waals surface area (Å²) in [5.41, 5.74) is -0.852. The minimum absolute atomic E-state index is 0.0422. The zero-order chi connectivity index (χ0) is 18.2. The van der Waals surface area contributed by atoms with Gasteiger partial charge >= 0.3 is 5.97 Å². The Balaban J connectivity index is 1.65. The van der Waals surface area contributed by atoms with Crippen molar-refractivity contribution in [2.45, 2.75) is 31.4 Å². The SMILES string of the molecule is C[C@]1(C(=O)N[C@@H]2C=C[C@H](C(=O)O)C2)CC(c2cc(F)cc(F)c2)=NO1. The molecule has 1 aliphatic carbocycles. The summed E-state index contributed by atoms with van der Waals surface area (Å²) in [6, 6.07) is 2.57. The van der Waals surface area contributed by atoms with Gasteiger partial charge in [0, 0.05) is 24.1 Å². The number of nitrogens with zero attached hydrogens (tertiary/aromatic N) is 1. The standard InChI is InChI=1S/C17H16F2N2O4/c1-17(16(24)20-13-3-2-9(6-13)15(22)23)8-14(21-25-17)10-4-11(18)7-12(19)5-10/h2-5,7,9,13H,6,8H2,1H3,(H,20,24)(H,22,23)/t9-,13+,17+/m0/s1. The van der Waals surface area contributed by atoms with E-state index >= 15 is 0 Å². The second-order valence-electron chi connectivity index (χ2n) is 6.34. The summed E-state index contributed by atoms with van der Waals surface area (Å²) < 4.78 is 26.7. The molecule has 3 rings (SSSR count). The molecule has 3 atom stereocenters. The fourth-order valence-electron chi connectivity index (χ4n) is 2.85. The van der Waals surface area contributed by atoms with Crippen LogP contribution in [-0.4, -0.2) is 34.3 Å². The van der Waals surface area contributed by atoms with Crippen LogP contribution in [0.25, 0.3) is 0 Å². The molecular formula is C17H16F2N2O4. The summed E-state index contributed by atoms with van der Waals surface area (Å²) in [5.74, 6) is -3.54. The van der Waals surface area contributed by atoms with Gasteiger partial charge in [-0.1, -0.05) is 17.3 Å². The molecule has 0 fully saturated rings. The Hall–Kier alpha value is -2.77. The van der Waals surface area contributed by atoms with Crippen molar-refractivity contribution in [1.82, 2.24) is 5.32 Å². The van der Waals surface area contributed by atoms with E-state index in [4.69, 9.17) is 9.94 Å². The molecule has 0 unspecified atom stereocenters. The number of benzene rings is 1. The Morgan fingerprint density at radius 2 is 1.96 bits per heavy atom. The third kappa shape index (κ3) is 3.52. The van der Waals surface area contributed by atoms with Crippen LogP contribution in [0.15, 0.2) is 35.5 Å². The van der Waals surface area contributed by atoms with E-state index in [0.717, 1.165) is 18.2 Å². The van der Waals surface area contributed by atoms with E-state index < -0.39 is 41.1 Å². The van der Waals surface area contributed by atoms with E-state index in [2.05, 4.69) is 10.5 Å². The van der Waals surface area contributed by atoms with Gasteiger partial charge in [0.05, 0.1) is 11.6 Å². The first-order chi connectivity index (χ1) is 11.8. The number of hydrogen-bond acceptors (Lipinski definition) is 4. The molecule has 2 aliphatic rings. The lowest BCUT2D eigenvalue weighted by atomic mass is 9.94. The minimum atomic E-state index is -1.33. The van der Waals surface area contributed by atoms with E-state index in [1.165, 1.54) is 13.0 Å². The lowest BCUT2D eigenvalue weighted by Gasteiger charge is -2.22. The molecule has 1 aromatic carbocycles.